The minimum Gasteiger partial charge on any atom is -0.506 e. The van der Waals surface area contributed by atoms with E-state index in [0.717, 1.165) is 12.6 Å². The normalized spacial score (nSPS) is 22.2. The number of amides is 1. The van der Waals surface area contributed by atoms with Crippen LogP contribution >= 0.6 is 0 Å². The first-order chi connectivity index (χ1) is 8.92. The summed E-state index contributed by atoms with van der Waals surface area (Å²) in [4.78, 5) is 22.2. The standard InChI is InChI=1S/C12H15N3O4/c1-12(4-5-13-7-12)11(17)14-9-6-8(15(18)19)2-3-10(9)16/h2-3,6,13,16H,4-5,7H2,1H3,(H,14,17). The lowest BCUT2D eigenvalue weighted by Gasteiger charge is -2.21. The minimum atomic E-state index is -0.575. The van der Waals surface area contributed by atoms with Gasteiger partial charge in [-0.2, -0.15) is 0 Å². The quantitative estimate of drug-likeness (QED) is 0.433. The van der Waals surface area contributed by atoms with E-state index in [0.29, 0.717) is 13.0 Å². The number of phenols is 1. The second-order valence-electron chi connectivity index (χ2n) is 4.90. The lowest BCUT2D eigenvalue weighted by atomic mass is 9.88. The third kappa shape index (κ3) is 2.65. The number of hydrogen-bond acceptors (Lipinski definition) is 5. The van der Waals surface area contributed by atoms with Gasteiger partial charge in [0.25, 0.3) is 5.69 Å². The van der Waals surface area contributed by atoms with Gasteiger partial charge in [-0.1, -0.05) is 0 Å². The molecule has 0 aromatic heterocycles. The highest BCUT2D eigenvalue weighted by Crippen LogP contribution is 2.31. The van der Waals surface area contributed by atoms with Gasteiger partial charge < -0.3 is 15.7 Å². The maximum Gasteiger partial charge on any atom is 0.271 e. The summed E-state index contributed by atoms with van der Waals surface area (Å²) in [6.45, 7) is 3.12. The van der Waals surface area contributed by atoms with E-state index in [1.165, 1.54) is 12.1 Å². The Hall–Kier alpha value is -2.15. The fraction of sp³-hybridized carbons (Fsp3) is 0.417. The van der Waals surface area contributed by atoms with Crippen molar-refractivity contribution < 1.29 is 14.8 Å². The van der Waals surface area contributed by atoms with Crippen molar-refractivity contribution in [2.24, 2.45) is 5.41 Å². The van der Waals surface area contributed by atoms with Gasteiger partial charge in [0.1, 0.15) is 5.75 Å². The SMILES string of the molecule is CC1(C(=O)Nc2cc([N+](=O)[O-])ccc2O)CCNC1. The number of nitro benzene ring substituents is 1. The van der Waals surface area contributed by atoms with Crippen molar-refractivity contribution in [1.82, 2.24) is 5.32 Å². The molecule has 1 amide bonds. The Labute approximate surface area is 109 Å². The molecule has 102 valence electrons. The molecule has 1 aromatic carbocycles. The Bertz CT molecular complexity index is 524. The number of carbonyl (C=O) groups excluding carboxylic acids is 1. The molecule has 1 aromatic rings. The van der Waals surface area contributed by atoms with Crippen LogP contribution in [-0.4, -0.2) is 29.0 Å². The monoisotopic (exact) mass is 265 g/mol. The molecule has 1 heterocycles. The van der Waals surface area contributed by atoms with E-state index in [-0.39, 0.29) is 23.0 Å². The first-order valence-corrected chi connectivity index (χ1v) is 5.92. The molecule has 0 aliphatic carbocycles. The summed E-state index contributed by atoms with van der Waals surface area (Å²) in [5.41, 5.74) is -0.674. The van der Waals surface area contributed by atoms with Crippen molar-refractivity contribution >= 4 is 17.3 Å². The molecule has 7 heteroatoms. The zero-order valence-corrected chi connectivity index (χ0v) is 10.5. The highest BCUT2D eigenvalue weighted by Gasteiger charge is 2.36. The zero-order valence-electron chi connectivity index (χ0n) is 10.5. The molecule has 1 aliphatic heterocycles. The van der Waals surface area contributed by atoms with E-state index in [2.05, 4.69) is 10.6 Å². The summed E-state index contributed by atoms with van der Waals surface area (Å²) in [7, 11) is 0. The van der Waals surface area contributed by atoms with Gasteiger partial charge in [0, 0.05) is 18.7 Å². The number of hydrogen-bond donors (Lipinski definition) is 3. The maximum atomic E-state index is 12.1. The molecule has 1 aliphatic rings. The average molecular weight is 265 g/mol. The number of nitro groups is 1. The molecule has 0 radical (unpaired) electrons. The molecule has 1 unspecified atom stereocenters. The van der Waals surface area contributed by atoms with E-state index in [1.54, 1.807) is 0 Å². The fourth-order valence-corrected chi connectivity index (χ4v) is 2.02. The van der Waals surface area contributed by atoms with Crippen LogP contribution in [0.5, 0.6) is 5.75 Å². The lowest BCUT2D eigenvalue weighted by Crippen LogP contribution is -2.35. The maximum absolute atomic E-state index is 12.1. The van der Waals surface area contributed by atoms with Crippen LogP contribution in [0.2, 0.25) is 0 Å². The molecule has 1 fully saturated rings. The van der Waals surface area contributed by atoms with E-state index >= 15 is 0 Å². The molecule has 1 saturated heterocycles. The van der Waals surface area contributed by atoms with Crippen LogP contribution in [0.4, 0.5) is 11.4 Å². The predicted octanol–water partition coefficient (Wildman–Crippen LogP) is 1.24. The summed E-state index contributed by atoms with van der Waals surface area (Å²) >= 11 is 0. The molecule has 0 saturated carbocycles. The number of benzene rings is 1. The Morgan fingerprint density at radius 1 is 1.58 bits per heavy atom. The van der Waals surface area contributed by atoms with Crippen LogP contribution in [-0.2, 0) is 4.79 Å². The summed E-state index contributed by atoms with van der Waals surface area (Å²) in [5.74, 6) is -0.443. The van der Waals surface area contributed by atoms with Gasteiger partial charge in [0.15, 0.2) is 0 Å². The second kappa shape index (κ2) is 4.85. The Morgan fingerprint density at radius 3 is 2.89 bits per heavy atom. The topological polar surface area (TPSA) is 104 Å². The van der Waals surface area contributed by atoms with Crippen LogP contribution in [0.3, 0.4) is 0 Å². The molecule has 2 rings (SSSR count). The van der Waals surface area contributed by atoms with Gasteiger partial charge in [0.05, 0.1) is 16.0 Å². The number of carbonyl (C=O) groups is 1. The van der Waals surface area contributed by atoms with Crippen molar-refractivity contribution in [3.8, 4) is 5.75 Å². The van der Waals surface area contributed by atoms with Crippen molar-refractivity contribution in [3.05, 3.63) is 28.3 Å². The largest absolute Gasteiger partial charge is 0.506 e. The molecule has 3 N–H and O–H groups in total. The summed E-state index contributed by atoms with van der Waals surface area (Å²) < 4.78 is 0. The van der Waals surface area contributed by atoms with Gasteiger partial charge in [-0.3, -0.25) is 14.9 Å². The van der Waals surface area contributed by atoms with E-state index in [4.69, 9.17) is 0 Å². The Balaban J connectivity index is 2.20. The van der Waals surface area contributed by atoms with Gasteiger partial charge in [-0.25, -0.2) is 0 Å². The zero-order chi connectivity index (χ0) is 14.0. The van der Waals surface area contributed by atoms with E-state index in [9.17, 15) is 20.0 Å². The third-order valence-electron chi connectivity index (χ3n) is 3.36. The molecule has 1 atom stereocenters. The number of phenolic OH excluding ortho intramolecular Hbond substituents is 1. The van der Waals surface area contributed by atoms with Crippen LogP contribution < -0.4 is 10.6 Å². The van der Waals surface area contributed by atoms with Crippen molar-refractivity contribution in [1.29, 1.82) is 0 Å². The van der Waals surface area contributed by atoms with Crippen molar-refractivity contribution in [2.75, 3.05) is 18.4 Å². The highest BCUT2D eigenvalue weighted by atomic mass is 16.6. The molecule has 19 heavy (non-hydrogen) atoms. The van der Waals surface area contributed by atoms with Gasteiger partial charge in [0.2, 0.25) is 5.91 Å². The smallest absolute Gasteiger partial charge is 0.271 e. The van der Waals surface area contributed by atoms with E-state index < -0.39 is 10.3 Å². The molecule has 7 nitrogen and oxygen atoms in total. The Kier molecular flexibility index (Phi) is 3.39. The van der Waals surface area contributed by atoms with E-state index in [1.807, 2.05) is 6.92 Å². The van der Waals surface area contributed by atoms with Gasteiger partial charge in [-0.15, -0.1) is 0 Å². The van der Waals surface area contributed by atoms with Crippen molar-refractivity contribution in [3.63, 3.8) is 0 Å². The number of anilines is 1. The summed E-state index contributed by atoms with van der Waals surface area (Å²) in [5, 5.41) is 26.0. The number of nitrogens with zero attached hydrogens (tertiary/aromatic N) is 1. The fourth-order valence-electron chi connectivity index (χ4n) is 2.02. The van der Waals surface area contributed by atoms with Crippen LogP contribution in [0.25, 0.3) is 0 Å². The van der Waals surface area contributed by atoms with Gasteiger partial charge in [-0.05, 0) is 26.0 Å². The number of aromatic hydroxyl groups is 1. The van der Waals surface area contributed by atoms with Crippen LogP contribution in [0.1, 0.15) is 13.3 Å². The first kappa shape index (κ1) is 13.3. The molecular formula is C12H15N3O4. The van der Waals surface area contributed by atoms with Crippen molar-refractivity contribution in [2.45, 2.75) is 13.3 Å². The van der Waals surface area contributed by atoms with Crippen LogP contribution in [0, 0.1) is 15.5 Å². The minimum absolute atomic E-state index is 0.0623. The number of non-ortho nitro benzene ring substituents is 1. The molecule has 0 bridgehead atoms. The van der Waals surface area contributed by atoms with Gasteiger partial charge >= 0.3 is 0 Å². The molecular weight excluding hydrogens is 250 g/mol. The first-order valence-electron chi connectivity index (χ1n) is 5.92. The Morgan fingerprint density at radius 2 is 2.32 bits per heavy atom. The highest BCUT2D eigenvalue weighted by molar-refractivity contribution is 5.97. The van der Waals surface area contributed by atoms with Crippen LogP contribution in [0.15, 0.2) is 18.2 Å². The average Bonchev–Trinajstić information content (AvgIpc) is 2.80. The molecule has 0 spiro atoms. The predicted molar refractivity (Wildman–Crippen MR) is 69.0 cm³/mol. The number of nitrogens with one attached hydrogen (secondary N) is 2. The second-order valence-corrected chi connectivity index (χ2v) is 4.90. The number of rotatable bonds is 3. The summed E-state index contributed by atoms with van der Waals surface area (Å²) in [6.07, 6.45) is 0.689. The third-order valence-corrected chi connectivity index (χ3v) is 3.36. The lowest BCUT2D eigenvalue weighted by molar-refractivity contribution is -0.384. The summed E-state index contributed by atoms with van der Waals surface area (Å²) in [6, 6.07) is 3.53.